The van der Waals surface area contributed by atoms with Crippen molar-refractivity contribution >= 4 is 56.4 Å². The first kappa shape index (κ1) is 21.4. The van der Waals surface area contributed by atoms with E-state index in [-0.39, 0.29) is 30.7 Å². The van der Waals surface area contributed by atoms with Crippen LogP contribution in [-0.2, 0) is 20.6 Å². The van der Waals surface area contributed by atoms with E-state index in [0.29, 0.717) is 39.2 Å². The van der Waals surface area contributed by atoms with Crippen LogP contribution in [0, 0.1) is 5.92 Å². The Balaban J connectivity index is 1.59. The summed E-state index contributed by atoms with van der Waals surface area (Å²) in [6.07, 6.45) is 0.907. The Morgan fingerprint density at radius 3 is 2.14 bits per heavy atom. The average molecular weight is 462 g/mol. The second kappa shape index (κ2) is 9.01. The average Bonchev–Trinajstić information content (AvgIpc) is 2.67. The van der Waals surface area contributed by atoms with Gasteiger partial charge in [-0.05, 0) is 49.2 Å². The van der Waals surface area contributed by atoms with Gasteiger partial charge in [-0.25, -0.2) is 12.7 Å². The maximum atomic E-state index is 12.8. The van der Waals surface area contributed by atoms with Crippen LogP contribution in [0.25, 0.3) is 0 Å². The van der Waals surface area contributed by atoms with Gasteiger partial charge in [0.1, 0.15) is 0 Å². The first-order chi connectivity index (χ1) is 13.3. The minimum Gasteiger partial charge on any atom is -0.326 e. The van der Waals surface area contributed by atoms with Gasteiger partial charge >= 0.3 is 0 Å². The predicted octanol–water partition coefficient (Wildman–Crippen LogP) is 4.83. The highest BCUT2D eigenvalue weighted by Gasteiger charge is 2.32. The maximum Gasteiger partial charge on any atom is 0.227 e. The standard InChI is InChI=1S/C19H19Cl3N2O3S/c20-14-4-6-15(7-5-14)23-19(25)13-8-10-24(11-9-13)28(26,27)12-16-17(21)2-1-3-18(16)22/h1-7,13H,8-12H2,(H,23,25). The van der Waals surface area contributed by atoms with Gasteiger partial charge in [0, 0.05) is 45.3 Å². The van der Waals surface area contributed by atoms with Gasteiger partial charge in [0.15, 0.2) is 0 Å². The largest absolute Gasteiger partial charge is 0.326 e. The van der Waals surface area contributed by atoms with Crippen molar-refractivity contribution in [3.8, 4) is 0 Å². The molecule has 150 valence electrons. The summed E-state index contributed by atoms with van der Waals surface area (Å²) in [7, 11) is -3.58. The van der Waals surface area contributed by atoms with Crippen LogP contribution < -0.4 is 5.32 Å². The lowest BCUT2D eigenvalue weighted by Gasteiger charge is -2.30. The molecular weight excluding hydrogens is 443 g/mol. The third kappa shape index (κ3) is 5.19. The smallest absolute Gasteiger partial charge is 0.227 e. The first-order valence-corrected chi connectivity index (χ1v) is 11.5. The summed E-state index contributed by atoms with van der Waals surface area (Å²) < 4.78 is 26.9. The molecule has 1 saturated heterocycles. The number of hydrogen-bond acceptors (Lipinski definition) is 3. The number of benzene rings is 2. The van der Waals surface area contributed by atoms with Crippen molar-refractivity contribution in [2.45, 2.75) is 18.6 Å². The topological polar surface area (TPSA) is 66.5 Å². The highest BCUT2D eigenvalue weighted by atomic mass is 35.5. The number of sulfonamides is 1. The zero-order valence-electron chi connectivity index (χ0n) is 14.9. The Bertz CT molecular complexity index is 937. The molecule has 28 heavy (non-hydrogen) atoms. The molecule has 1 fully saturated rings. The van der Waals surface area contributed by atoms with Gasteiger partial charge in [-0.3, -0.25) is 4.79 Å². The lowest BCUT2D eigenvalue weighted by atomic mass is 9.97. The second-order valence-corrected chi connectivity index (χ2v) is 9.85. The number of rotatable bonds is 5. The van der Waals surface area contributed by atoms with Crippen LogP contribution in [0.2, 0.25) is 15.1 Å². The molecule has 1 aliphatic heterocycles. The highest BCUT2D eigenvalue weighted by molar-refractivity contribution is 7.88. The number of carbonyl (C=O) groups excluding carboxylic acids is 1. The summed E-state index contributed by atoms with van der Waals surface area (Å²) in [4.78, 5) is 12.4. The van der Waals surface area contributed by atoms with E-state index in [0.717, 1.165) is 0 Å². The van der Waals surface area contributed by atoms with E-state index in [9.17, 15) is 13.2 Å². The zero-order chi connectivity index (χ0) is 20.3. The molecule has 1 N–H and O–H groups in total. The second-order valence-electron chi connectivity index (χ2n) is 6.63. The number of piperidine rings is 1. The number of amides is 1. The molecule has 0 saturated carbocycles. The van der Waals surface area contributed by atoms with Crippen molar-refractivity contribution in [1.82, 2.24) is 4.31 Å². The van der Waals surface area contributed by atoms with Gasteiger partial charge in [0.2, 0.25) is 15.9 Å². The van der Waals surface area contributed by atoms with Crippen LogP contribution in [0.15, 0.2) is 42.5 Å². The zero-order valence-corrected chi connectivity index (χ0v) is 18.0. The molecule has 9 heteroatoms. The lowest BCUT2D eigenvalue weighted by Crippen LogP contribution is -2.41. The quantitative estimate of drug-likeness (QED) is 0.693. The van der Waals surface area contributed by atoms with Crippen molar-refractivity contribution in [1.29, 1.82) is 0 Å². The Morgan fingerprint density at radius 1 is 1.00 bits per heavy atom. The number of carbonyl (C=O) groups is 1. The van der Waals surface area contributed by atoms with Crippen LogP contribution in [0.4, 0.5) is 5.69 Å². The van der Waals surface area contributed by atoms with Crippen molar-refractivity contribution in [3.63, 3.8) is 0 Å². The van der Waals surface area contributed by atoms with Gasteiger partial charge in [-0.15, -0.1) is 0 Å². The molecule has 1 heterocycles. The summed E-state index contributed by atoms with van der Waals surface area (Å²) in [5, 5.41) is 4.09. The fraction of sp³-hybridized carbons (Fsp3) is 0.316. The predicted molar refractivity (Wildman–Crippen MR) is 113 cm³/mol. The Morgan fingerprint density at radius 2 is 1.57 bits per heavy atom. The summed E-state index contributed by atoms with van der Waals surface area (Å²) in [6.45, 7) is 0.562. The molecule has 3 rings (SSSR count). The van der Waals surface area contributed by atoms with Crippen molar-refractivity contribution < 1.29 is 13.2 Å². The Labute approximate surface area is 179 Å². The number of nitrogens with zero attached hydrogens (tertiary/aromatic N) is 1. The van der Waals surface area contributed by atoms with Crippen LogP contribution >= 0.6 is 34.8 Å². The van der Waals surface area contributed by atoms with Gasteiger partial charge in [0.25, 0.3) is 0 Å². The Kier molecular flexibility index (Phi) is 6.89. The number of nitrogens with one attached hydrogen (secondary N) is 1. The van der Waals surface area contributed by atoms with Crippen molar-refractivity contribution in [2.75, 3.05) is 18.4 Å². The van der Waals surface area contributed by atoms with Crippen molar-refractivity contribution in [2.24, 2.45) is 5.92 Å². The summed E-state index contributed by atoms with van der Waals surface area (Å²) in [5.74, 6) is -0.618. The van der Waals surface area contributed by atoms with E-state index in [1.54, 1.807) is 42.5 Å². The number of anilines is 1. The molecule has 2 aromatic carbocycles. The molecule has 0 radical (unpaired) electrons. The minimum atomic E-state index is -3.58. The fourth-order valence-electron chi connectivity index (χ4n) is 3.12. The lowest BCUT2D eigenvalue weighted by molar-refractivity contribution is -0.120. The molecule has 0 unspecified atom stereocenters. The molecule has 0 atom stereocenters. The van der Waals surface area contributed by atoms with E-state index >= 15 is 0 Å². The van der Waals surface area contributed by atoms with Gasteiger partial charge in [-0.2, -0.15) is 0 Å². The molecule has 1 aliphatic rings. The highest BCUT2D eigenvalue weighted by Crippen LogP contribution is 2.29. The molecule has 2 aromatic rings. The van der Waals surface area contributed by atoms with Crippen LogP contribution in [0.1, 0.15) is 18.4 Å². The third-order valence-electron chi connectivity index (χ3n) is 4.72. The molecule has 1 amide bonds. The van der Waals surface area contributed by atoms with E-state index in [1.807, 2.05) is 0 Å². The van der Waals surface area contributed by atoms with E-state index in [4.69, 9.17) is 34.8 Å². The minimum absolute atomic E-state index is 0.117. The molecule has 0 bridgehead atoms. The van der Waals surface area contributed by atoms with Crippen LogP contribution in [0.5, 0.6) is 0 Å². The normalized spacial score (nSPS) is 16.1. The van der Waals surface area contributed by atoms with Crippen LogP contribution in [-0.4, -0.2) is 31.7 Å². The molecule has 0 aliphatic carbocycles. The van der Waals surface area contributed by atoms with E-state index in [1.165, 1.54) is 4.31 Å². The monoisotopic (exact) mass is 460 g/mol. The third-order valence-corrected chi connectivity index (χ3v) is 7.48. The fourth-order valence-corrected chi connectivity index (χ4v) is 5.56. The van der Waals surface area contributed by atoms with E-state index < -0.39 is 10.0 Å². The van der Waals surface area contributed by atoms with Gasteiger partial charge in [-0.1, -0.05) is 40.9 Å². The maximum absolute atomic E-state index is 12.8. The summed E-state index contributed by atoms with van der Waals surface area (Å²) >= 11 is 18.0. The molecule has 0 spiro atoms. The number of halogens is 3. The van der Waals surface area contributed by atoms with E-state index in [2.05, 4.69) is 5.32 Å². The summed E-state index contributed by atoms with van der Waals surface area (Å²) in [5.41, 5.74) is 1.06. The van der Waals surface area contributed by atoms with Gasteiger partial charge in [0.05, 0.1) is 5.75 Å². The Hall–Kier alpha value is -1.31. The number of hydrogen-bond donors (Lipinski definition) is 1. The van der Waals surface area contributed by atoms with Crippen molar-refractivity contribution in [3.05, 3.63) is 63.1 Å². The SMILES string of the molecule is O=C(Nc1ccc(Cl)cc1)C1CCN(S(=O)(=O)Cc2c(Cl)cccc2Cl)CC1. The van der Waals surface area contributed by atoms with Crippen LogP contribution in [0.3, 0.4) is 0 Å². The first-order valence-electron chi connectivity index (χ1n) is 8.73. The molecule has 0 aromatic heterocycles. The summed E-state index contributed by atoms with van der Waals surface area (Å²) in [6, 6.07) is 11.8. The molecule has 5 nitrogen and oxygen atoms in total. The van der Waals surface area contributed by atoms with Gasteiger partial charge < -0.3 is 5.32 Å². The molecular formula is C19H19Cl3N2O3S.